The van der Waals surface area contributed by atoms with Crippen LogP contribution in [0.3, 0.4) is 0 Å². The Morgan fingerprint density at radius 3 is 3.00 bits per heavy atom. The van der Waals surface area contributed by atoms with Crippen molar-refractivity contribution in [1.82, 2.24) is 4.90 Å². The zero-order valence-electron chi connectivity index (χ0n) is 7.13. The fourth-order valence-corrected chi connectivity index (χ4v) is 1.68. The van der Waals surface area contributed by atoms with Gasteiger partial charge in [0.25, 0.3) is 0 Å². The SMILES string of the molecule is NC(=O)[C@@H]1CCCN1CCCF. The number of nitrogens with zero attached hydrogens (tertiary/aromatic N) is 1. The average molecular weight is 174 g/mol. The van der Waals surface area contributed by atoms with Crippen molar-refractivity contribution in [3.8, 4) is 0 Å². The number of amides is 1. The van der Waals surface area contributed by atoms with E-state index in [1.54, 1.807) is 0 Å². The van der Waals surface area contributed by atoms with E-state index in [0.29, 0.717) is 13.0 Å². The van der Waals surface area contributed by atoms with Gasteiger partial charge < -0.3 is 5.73 Å². The van der Waals surface area contributed by atoms with Gasteiger partial charge in [-0.05, 0) is 25.8 Å². The number of alkyl halides is 1. The first kappa shape index (κ1) is 9.45. The van der Waals surface area contributed by atoms with Crippen LogP contribution in [0.2, 0.25) is 0 Å². The minimum Gasteiger partial charge on any atom is -0.368 e. The minimum atomic E-state index is -0.317. The molecule has 1 saturated heterocycles. The number of likely N-dealkylation sites (tertiary alicyclic amines) is 1. The highest BCUT2D eigenvalue weighted by Gasteiger charge is 2.27. The Morgan fingerprint density at radius 2 is 2.42 bits per heavy atom. The van der Waals surface area contributed by atoms with Gasteiger partial charge in [0, 0.05) is 6.54 Å². The molecule has 1 aliphatic rings. The Balaban J connectivity index is 2.35. The van der Waals surface area contributed by atoms with Gasteiger partial charge in [0.1, 0.15) is 0 Å². The zero-order chi connectivity index (χ0) is 8.97. The normalized spacial score (nSPS) is 24.6. The standard InChI is InChI=1S/C8H15FN2O/c9-4-2-6-11-5-1-3-7(11)8(10)12/h7H,1-6H2,(H2,10,12)/t7-/m0/s1. The zero-order valence-corrected chi connectivity index (χ0v) is 7.13. The monoisotopic (exact) mass is 174 g/mol. The molecular weight excluding hydrogens is 159 g/mol. The summed E-state index contributed by atoms with van der Waals surface area (Å²) < 4.78 is 11.8. The van der Waals surface area contributed by atoms with Crippen LogP contribution in [0.25, 0.3) is 0 Å². The Hall–Kier alpha value is -0.640. The van der Waals surface area contributed by atoms with Crippen molar-refractivity contribution >= 4 is 5.91 Å². The Morgan fingerprint density at radius 1 is 1.67 bits per heavy atom. The van der Waals surface area contributed by atoms with Gasteiger partial charge in [-0.25, -0.2) is 0 Å². The van der Waals surface area contributed by atoms with Crippen LogP contribution in [0.1, 0.15) is 19.3 Å². The molecule has 1 heterocycles. The summed E-state index contributed by atoms with van der Waals surface area (Å²) in [6.07, 6.45) is 2.34. The van der Waals surface area contributed by atoms with E-state index in [9.17, 15) is 9.18 Å². The fraction of sp³-hybridized carbons (Fsp3) is 0.875. The number of carbonyl (C=O) groups is 1. The van der Waals surface area contributed by atoms with E-state index in [-0.39, 0.29) is 18.6 Å². The molecule has 12 heavy (non-hydrogen) atoms. The van der Waals surface area contributed by atoms with Gasteiger partial charge in [0.05, 0.1) is 12.7 Å². The summed E-state index contributed by atoms with van der Waals surface area (Å²) in [6, 6.07) is -0.142. The first-order valence-electron chi connectivity index (χ1n) is 4.35. The Bertz CT molecular complexity index is 163. The van der Waals surface area contributed by atoms with Crippen molar-refractivity contribution < 1.29 is 9.18 Å². The molecule has 0 radical (unpaired) electrons. The second-order valence-electron chi connectivity index (χ2n) is 3.14. The molecule has 0 aliphatic carbocycles. The van der Waals surface area contributed by atoms with Crippen LogP contribution >= 0.6 is 0 Å². The molecule has 4 heteroatoms. The predicted molar refractivity (Wildman–Crippen MR) is 44.4 cm³/mol. The topological polar surface area (TPSA) is 46.3 Å². The minimum absolute atomic E-state index is 0.142. The molecule has 3 nitrogen and oxygen atoms in total. The summed E-state index contributed by atoms with van der Waals surface area (Å²) in [5.74, 6) is -0.272. The van der Waals surface area contributed by atoms with Gasteiger partial charge in [0.15, 0.2) is 0 Å². The second-order valence-corrected chi connectivity index (χ2v) is 3.14. The van der Waals surface area contributed by atoms with E-state index in [1.165, 1.54) is 0 Å². The maximum atomic E-state index is 11.8. The molecular formula is C8H15FN2O. The molecule has 0 bridgehead atoms. The van der Waals surface area contributed by atoms with Crippen molar-refractivity contribution in [2.75, 3.05) is 19.8 Å². The highest BCUT2D eigenvalue weighted by atomic mass is 19.1. The number of hydrogen-bond acceptors (Lipinski definition) is 2. The molecule has 2 N–H and O–H groups in total. The van der Waals surface area contributed by atoms with Crippen molar-refractivity contribution in [1.29, 1.82) is 0 Å². The molecule has 1 atom stereocenters. The van der Waals surface area contributed by atoms with Crippen LogP contribution in [0.5, 0.6) is 0 Å². The van der Waals surface area contributed by atoms with E-state index in [4.69, 9.17) is 5.73 Å². The largest absolute Gasteiger partial charge is 0.368 e. The van der Waals surface area contributed by atoms with E-state index in [0.717, 1.165) is 19.4 Å². The van der Waals surface area contributed by atoms with Gasteiger partial charge in [-0.1, -0.05) is 0 Å². The summed E-state index contributed by atoms with van der Waals surface area (Å²) in [4.78, 5) is 12.8. The molecule has 70 valence electrons. The van der Waals surface area contributed by atoms with Crippen LogP contribution in [0, 0.1) is 0 Å². The van der Waals surface area contributed by atoms with Crippen LogP contribution < -0.4 is 5.73 Å². The van der Waals surface area contributed by atoms with Gasteiger partial charge in [-0.2, -0.15) is 0 Å². The quantitative estimate of drug-likeness (QED) is 0.666. The molecule has 1 rings (SSSR count). The number of halogens is 1. The van der Waals surface area contributed by atoms with Gasteiger partial charge >= 0.3 is 0 Å². The smallest absolute Gasteiger partial charge is 0.234 e. The Kier molecular flexibility index (Phi) is 3.47. The summed E-state index contributed by atoms with van der Waals surface area (Å²) >= 11 is 0. The van der Waals surface area contributed by atoms with Crippen molar-refractivity contribution in [3.05, 3.63) is 0 Å². The lowest BCUT2D eigenvalue weighted by atomic mass is 10.2. The lowest BCUT2D eigenvalue weighted by Crippen LogP contribution is -2.40. The maximum Gasteiger partial charge on any atom is 0.234 e. The molecule has 1 fully saturated rings. The summed E-state index contributed by atoms with van der Waals surface area (Å²) in [5.41, 5.74) is 5.19. The number of nitrogens with two attached hydrogens (primary N) is 1. The molecule has 0 aromatic carbocycles. The van der Waals surface area contributed by atoms with E-state index >= 15 is 0 Å². The molecule has 1 amide bonds. The van der Waals surface area contributed by atoms with Gasteiger partial charge in [0.2, 0.25) is 5.91 Å². The predicted octanol–water partition coefficient (Wildman–Crippen LogP) is 0.296. The van der Waals surface area contributed by atoms with Crippen molar-refractivity contribution in [2.45, 2.75) is 25.3 Å². The number of primary amides is 1. The van der Waals surface area contributed by atoms with Crippen LogP contribution in [0.4, 0.5) is 4.39 Å². The summed E-state index contributed by atoms with van der Waals surface area (Å²) in [6.45, 7) is 1.22. The second kappa shape index (κ2) is 4.40. The molecule has 0 aromatic rings. The van der Waals surface area contributed by atoms with Gasteiger partial charge in [-0.15, -0.1) is 0 Å². The lowest BCUT2D eigenvalue weighted by molar-refractivity contribution is -0.122. The van der Waals surface area contributed by atoms with E-state index in [2.05, 4.69) is 0 Å². The third-order valence-corrected chi connectivity index (χ3v) is 2.27. The van der Waals surface area contributed by atoms with Crippen LogP contribution in [-0.2, 0) is 4.79 Å². The first-order chi connectivity index (χ1) is 5.75. The summed E-state index contributed by atoms with van der Waals surface area (Å²) in [5, 5.41) is 0. The summed E-state index contributed by atoms with van der Waals surface area (Å²) in [7, 11) is 0. The van der Waals surface area contributed by atoms with E-state index in [1.807, 2.05) is 4.90 Å². The Labute approximate surface area is 71.7 Å². The molecule has 0 spiro atoms. The highest BCUT2D eigenvalue weighted by Crippen LogP contribution is 2.16. The fourth-order valence-electron chi connectivity index (χ4n) is 1.68. The van der Waals surface area contributed by atoms with Crippen LogP contribution in [-0.4, -0.2) is 36.6 Å². The molecule has 0 unspecified atom stereocenters. The van der Waals surface area contributed by atoms with Crippen molar-refractivity contribution in [2.24, 2.45) is 5.73 Å². The third kappa shape index (κ3) is 2.17. The van der Waals surface area contributed by atoms with Gasteiger partial charge in [-0.3, -0.25) is 14.1 Å². The van der Waals surface area contributed by atoms with Crippen LogP contribution in [0.15, 0.2) is 0 Å². The average Bonchev–Trinajstić information content (AvgIpc) is 2.48. The number of carbonyl (C=O) groups excluding carboxylic acids is 1. The molecule has 0 saturated carbocycles. The lowest BCUT2D eigenvalue weighted by Gasteiger charge is -2.20. The highest BCUT2D eigenvalue weighted by molar-refractivity contribution is 5.80. The number of hydrogen-bond donors (Lipinski definition) is 1. The molecule has 1 aliphatic heterocycles. The van der Waals surface area contributed by atoms with E-state index < -0.39 is 0 Å². The van der Waals surface area contributed by atoms with Crippen molar-refractivity contribution in [3.63, 3.8) is 0 Å². The molecule has 0 aromatic heterocycles. The number of rotatable bonds is 4. The first-order valence-corrected chi connectivity index (χ1v) is 4.35. The maximum absolute atomic E-state index is 11.8. The third-order valence-electron chi connectivity index (χ3n) is 2.27.